The zero-order valence-electron chi connectivity index (χ0n) is 16.8. The van der Waals surface area contributed by atoms with Crippen LogP contribution in [0.1, 0.15) is 22.6 Å². The summed E-state index contributed by atoms with van der Waals surface area (Å²) in [4.78, 5) is 24.3. The predicted molar refractivity (Wildman–Crippen MR) is 115 cm³/mol. The van der Waals surface area contributed by atoms with Crippen LogP contribution < -0.4 is 15.9 Å². The van der Waals surface area contributed by atoms with Gasteiger partial charge in [-0.05, 0) is 49.2 Å². The molecule has 1 amide bonds. The highest BCUT2D eigenvalue weighted by Crippen LogP contribution is 2.33. The van der Waals surface area contributed by atoms with Crippen molar-refractivity contribution < 1.29 is 9.53 Å². The number of carbonyl (C=O) groups excluding carboxylic acids is 1. The Labute approximate surface area is 173 Å². The third-order valence-electron chi connectivity index (χ3n) is 4.98. The molecule has 1 aliphatic heterocycles. The summed E-state index contributed by atoms with van der Waals surface area (Å²) in [5.74, 6) is 0.488. The molecular weight excluding hydrogens is 380 g/mol. The summed E-state index contributed by atoms with van der Waals surface area (Å²) in [6.07, 6.45) is 7.25. The molecule has 4 N–H and O–H groups in total. The maximum atomic E-state index is 12.5. The first-order chi connectivity index (χ1) is 14.6. The Hall–Kier alpha value is -3.78. The van der Waals surface area contributed by atoms with Crippen LogP contribution in [-0.2, 0) is 11.2 Å². The van der Waals surface area contributed by atoms with Crippen LogP contribution in [0.3, 0.4) is 0 Å². The van der Waals surface area contributed by atoms with E-state index in [2.05, 4.69) is 25.5 Å². The summed E-state index contributed by atoms with van der Waals surface area (Å²) in [5, 5.41) is 4.15. The van der Waals surface area contributed by atoms with Crippen molar-refractivity contribution in [3.05, 3.63) is 71.1 Å². The highest BCUT2D eigenvalue weighted by atomic mass is 16.5. The van der Waals surface area contributed by atoms with E-state index in [1.807, 2.05) is 37.3 Å². The second kappa shape index (κ2) is 8.30. The lowest BCUT2D eigenvalue weighted by Crippen LogP contribution is -2.14. The first-order valence-corrected chi connectivity index (χ1v) is 9.54. The molecule has 0 spiro atoms. The van der Waals surface area contributed by atoms with Gasteiger partial charge in [-0.2, -0.15) is 5.10 Å². The molecule has 3 aromatic rings. The SMILES string of the molecule is COc1ccc(-c2c(C=C3C(=O)NN=C3c3cnccn3)[nH]c(C)c2CCN)cc1. The van der Waals surface area contributed by atoms with Crippen molar-refractivity contribution in [2.75, 3.05) is 13.7 Å². The minimum atomic E-state index is -0.288. The monoisotopic (exact) mass is 402 g/mol. The summed E-state index contributed by atoms with van der Waals surface area (Å²) in [6, 6.07) is 7.82. The molecule has 3 heterocycles. The molecule has 2 aromatic heterocycles. The number of hydrogen-bond acceptors (Lipinski definition) is 6. The molecule has 0 aliphatic carbocycles. The zero-order valence-corrected chi connectivity index (χ0v) is 16.8. The highest BCUT2D eigenvalue weighted by Gasteiger charge is 2.26. The van der Waals surface area contributed by atoms with Gasteiger partial charge in [0.15, 0.2) is 0 Å². The molecule has 1 aromatic carbocycles. The maximum absolute atomic E-state index is 12.5. The van der Waals surface area contributed by atoms with Gasteiger partial charge in [-0.1, -0.05) is 12.1 Å². The third-order valence-corrected chi connectivity index (χ3v) is 4.98. The second-order valence-electron chi connectivity index (χ2n) is 6.83. The van der Waals surface area contributed by atoms with Crippen LogP contribution in [0.5, 0.6) is 5.75 Å². The van der Waals surface area contributed by atoms with Crippen LogP contribution in [0.4, 0.5) is 0 Å². The van der Waals surface area contributed by atoms with Gasteiger partial charge in [0.2, 0.25) is 0 Å². The van der Waals surface area contributed by atoms with Gasteiger partial charge in [0, 0.05) is 29.3 Å². The van der Waals surface area contributed by atoms with Gasteiger partial charge in [0.25, 0.3) is 5.91 Å². The molecule has 0 radical (unpaired) electrons. The number of nitrogens with zero attached hydrogens (tertiary/aromatic N) is 3. The van der Waals surface area contributed by atoms with Gasteiger partial charge in [-0.3, -0.25) is 14.8 Å². The average molecular weight is 402 g/mol. The fraction of sp³-hybridized carbons (Fsp3) is 0.182. The Morgan fingerprint density at radius 1 is 1.20 bits per heavy atom. The molecule has 0 saturated carbocycles. The highest BCUT2D eigenvalue weighted by molar-refractivity contribution is 6.32. The molecule has 8 nitrogen and oxygen atoms in total. The van der Waals surface area contributed by atoms with E-state index in [9.17, 15) is 4.79 Å². The number of ether oxygens (including phenoxy) is 1. The van der Waals surface area contributed by atoms with E-state index < -0.39 is 0 Å². The lowest BCUT2D eigenvalue weighted by Gasteiger charge is -2.08. The van der Waals surface area contributed by atoms with Crippen LogP contribution in [0, 0.1) is 6.92 Å². The number of methoxy groups -OCH3 is 1. The first kappa shape index (κ1) is 19.5. The normalized spacial score (nSPS) is 14.7. The minimum Gasteiger partial charge on any atom is -0.497 e. The van der Waals surface area contributed by atoms with Crippen molar-refractivity contribution in [2.45, 2.75) is 13.3 Å². The van der Waals surface area contributed by atoms with Gasteiger partial charge in [0.1, 0.15) is 17.2 Å². The predicted octanol–water partition coefficient (Wildman–Crippen LogP) is 2.21. The van der Waals surface area contributed by atoms with Crippen molar-refractivity contribution in [3.8, 4) is 16.9 Å². The molecule has 0 fully saturated rings. The second-order valence-corrected chi connectivity index (χ2v) is 6.83. The molecule has 30 heavy (non-hydrogen) atoms. The number of rotatable bonds is 6. The largest absolute Gasteiger partial charge is 0.497 e. The zero-order chi connectivity index (χ0) is 21.1. The molecule has 0 unspecified atom stereocenters. The topological polar surface area (TPSA) is 118 Å². The minimum absolute atomic E-state index is 0.288. The van der Waals surface area contributed by atoms with E-state index in [0.29, 0.717) is 29.9 Å². The number of nitrogens with two attached hydrogens (primary N) is 1. The van der Waals surface area contributed by atoms with Crippen LogP contribution in [0.25, 0.3) is 17.2 Å². The van der Waals surface area contributed by atoms with Gasteiger partial charge < -0.3 is 15.5 Å². The Balaban J connectivity index is 1.85. The smallest absolute Gasteiger partial charge is 0.273 e. The molecule has 0 bridgehead atoms. The van der Waals surface area contributed by atoms with Crippen LogP contribution in [-0.4, -0.2) is 40.2 Å². The van der Waals surface area contributed by atoms with Crippen LogP contribution >= 0.6 is 0 Å². The Bertz CT molecular complexity index is 1130. The number of amides is 1. The van der Waals surface area contributed by atoms with E-state index in [-0.39, 0.29) is 5.91 Å². The van der Waals surface area contributed by atoms with Crippen molar-refractivity contribution in [2.24, 2.45) is 10.8 Å². The molecule has 0 atom stereocenters. The first-order valence-electron chi connectivity index (χ1n) is 9.54. The van der Waals surface area contributed by atoms with E-state index in [1.54, 1.807) is 25.7 Å². The molecule has 8 heteroatoms. The fourth-order valence-electron chi connectivity index (χ4n) is 3.57. The van der Waals surface area contributed by atoms with E-state index in [1.165, 1.54) is 0 Å². The summed E-state index contributed by atoms with van der Waals surface area (Å²) in [7, 11) is 1.64. The Kier molecular flexibility index (Phi) is 5.40. The van der Waals surface area contributed by atoms with Crippen LogP contribution in [0.2, 0.25) is 0 Å². The number of H-pyrrole nitrogens is 1. The van der Waals surface area contributed by atoms with Crippen LogP contribution in [0.15, 0.2) is 53.5 Å². The van der Waals surface area contributed by atoms with E-state index in [0.717, 1.165) is 33.8 Å². The van der Waals surface area contributed by atoms with Crippen molar-refractivity contribution >= 4 is 17.7 Å². The van der Waals surface area contributed by atoms with Crippen molar-refractivity contribution in [1.29, 1.82) is 0 Å². The number of hydrazone groups is 1. The number of carbonyl (C=O) groups is 1. The molecule has 152 valence electrons. The van der Waals surface area contributed by atoms with Crippen molar-refractivity contribution in [3.63, 3.8) is 0 Å². The number of benzene rings is 1. The molecular formula is C22H22N6O2. The quantitative estimate of drug-likeness (QED) is 0.546. The van der Waals surface area contributed by atoms with Crippen molar-refractivity contribution in [1.82, 2.24) is 20.4 Å². The number of nitrogens with one attached hydrogen (secondary N) is 2. The summed E-state index contributed by atoms with van der Waals surface area (Å²) >= 11 is 0. The van der Waals surface area contributed by atoms with Gasteiger partial charge >= 0.3 is 0 Å². The summed E-state index contributed by atoms with van der Waals surface area (Å²) < 4.78 is 5.28. The van der Waals surface area contributed by atoms with Gasteiger partial charge in [-0.15, -0.1) is 0 Å². The van der Waals surface area contributed by atoms with E-state index >= 15 is 0 Å². The number of aryl methyl sites for hydroxylation is 1. The average Bonchev–Trinajstić information content (AvgIpc) is 3.29. The number of aromatic nitrogens is 3. The summed E-state index contributed by atoms with van der Waals surface area (Å²) in [6.45, 7) is 2.52. The maximum Gasteiger partial charge on any atom is 0.273 e. The number of hydrogen-bond donors (Lipinski definition) is 3. The Morgan fingerprint density at radius 2 is 2.00 bits per heavy atom. The Morgan fingerprint density at radius 3 is 2.67 bits per heavy atom. The lowest BCUT2D eigenvalue weighted by molar-refractivity contribution is -0.116. The fourth-order valence-corrected chi connectivity index (χ4v) is 3.57. The standard InChI is InChI=1S/C22H22N6O2/c1-13-16(7-8-23)20(14-3-5-15(30-2)6-4-14)18(26-13)11-17-21(27-28-22(17)29)19-12-24-9-10-25-19/h3-6,9-12,26H,7-8,23H2,1-2H3,(H,28,29). The summed E-state index contributed by atoms with van der Waals surface area (Å²) in [5.41, 5.74) is 14.7. The molecule has 0 saturated heterocycles. The van der Waals surface area contributed by atoms with E-state index in [4.69, 9.17) is 10.5 Å². The van der Waals surface area contributed by atoms with Gasteiger partial charge in [-0.25, -0.2) is 5.43 Å². The lowest BCUT2D eigenvalue weighted by atomic mass is 9.96. The van der Waals surface area contributed by atoms with Gasteiger partial charge in [0.05, 0.1) is 18.9 Å². The molecule has 4 rings (SSSR count). The third kappa shape index (κ3) is 3.60. The number of aromatic amines is 1. The molecule has 1 aliphatic rings.